The smallest absolute Gasteiger partial charge is 0.240 e. The summed E-state index contributed by atoms with van der Waals surface area (Å²) in [5.41, 5.74) is 0.572. The standard InChI is InChI=1S/C15H21NO3S/c1-3-4-7-13(2)16-20(18,19)15-10-5-8-14(12-15)9-6-11-17/h5,8,10,12-13,16-17H,3-4,7,11H2,1-2H3. The van der Waals surface area contributed by atoms with Crippen molar-refractivity contribution in [3.8, 4) is 11.8 Å². The van der Waals surface area contributed by atoms with Crippen LogP contribution in [0.25, 0.3) is 0 Å². The van der Waals surface area contributed by atoms with E-state index < -0.39 is 10.0 Å². The summed E-state index contributed by atoms with van der Waals surface area (Å²) >= 11 is 0. The molecule has 20 heavy (non-hydrogen) atoms. The van der Waals surface area contributed by atoms with Crippen LogP contribution < -0.4 is 4.72 Å². The molecule has 110 valence electrons. The van der Waals surface area contributed by atoms with Crippen molar-refractivity contribution in [1.29, 1.82) is 0 Å². The van der Waals surface area contributed by atoms with Gasteiger partial charge in [-0.15, -0.1) is 0 Å². The molecular weight excluding hydrogens is 274 g/mol. The zero-order valence-corrected chi connectivity index (χ0v) is 12.7. The quantitative estimate of drug-likeness (QED) is 0.788. The highest BCUT2D eigenvalue weighted by molar-refractivity contribution is 7.89. The van der Waals surface area contributed by atoms with E-state index in [-0.39, 0.29) is 17.5 Å². The van der Waals surface area contributed by atoms with Crippen molar-refractivity contribution in [3.05, 3.63) is 29.8 Å². The Kier molecular flexibility index (Phi) is 6.73. The Bertz CT molecular complexity index is 585. The van der Waals surface area contributed by atoms with Gasteiger partial charge in [0.2, 0.25) is 10.0 Å². The molecule has 0 spiro atoms. The Morgan fingerprint density at radius 1 is 1.40 bits per heavy atom. The monoisotopic (exact) mass is 295 g/mol. The number of rotatable bonds is 6. The Hall–Kier alpha value is -1.35. The van der Waals surface area contributed by atoms with Crippen LogP contribution in [0.3, 0.4) is 0 Å². The van der Waals surface area contributed by atoms with Gasteiger partial charge in [0.15, 0.2) is 0 Å². The first-order chi connectivity index (χ1) is 9.49. The van der Waals surface area contributed by atoms with Crippen molar-refractivity contribution in [2.45, 2.75) is 44.0 Å². The summed E-state index contributed by atoms with van der Waals surface area (Å²) in [6.45, 7) is 3.69. The summed E-state index contributed by atoms with van der Waals surface area (Å²) < 4.78 is 27.1. The SMILES string of the molecule is CCCCC(C)NS(=O)(=O)c1cccc(C#CCO)c1. The number of unbranched alkanes of at least 4 members (excludes halogenated alkanes) is 1. The molecule has 5 heteroatoms. The number of sulfonamides is 1. The van der Waals surface area contributed by atoms with Gasteiger partial charge in [0, 0.05) is 11.6 Å². The van der Waals surface area contributed by atoms with Crippen LogP contribution in [0.2, 0.25) is 0 Å². The van der Waals surface area contributed by atoms with E-state index >= 15 is 0 Å². The second kappa shape index (κ2) is 8.05. The van der Waals surface area contributed by atoms with Crippen LogP contribution in [-0.4, -0.2) is 26.2 Å². The van der Waals surface area contributed by atoms with Crippen LogP contribution in [0, 0.1) is 11.8 Å². The average Bonchev–Trinajstić information content (AvgIpc) is 2.42. The van der Waals surface area contributed by atoms with E-state index in [9.17, 15) is 8.42 Å². The minimum atomic E-state index is -3.52. The van der Waals surface area contributed by atoms with Gasteiger partial charge in [0.25, 0.3) is 0 Å². The minimum Gasteiger partial charge on any atom is -0.384 e. The molecule has 0 amide bonds. The second-order valence-corrected chi connectivity index (χ2v) is 6.37. The van der Waals surface area contributed by atoms with Gasteiger partial charge in [-0.05, 0) is 31.5 Å². The molecule has 1 unspecified atom stereocenters. The van der Waals surface area contributed by atoms with Crippen LogP contribution in [-0.2, 0) is 10.0 Å². The molecule has 1 rings (SSSR count). The molecule has 0 saturated heterocycles. The lowest BCUT2D eigenvalue weighted by Gasteiger charge is -2.13. The first kappa shape index (κ1) is 16.7. The predicted octanol–water partition coefficient (Wildman–Crippen LogP) is 1.89. The fourth-order valence-corrected chi connectivity index (χ4v) is 3.11. The van der Waals surface area contributed by atoms with Gasteiger partial charge in [-0.1, -0.05) is 37.7 Å². The molecule has 0 aliphatic rings. The first-order valence-electron chi connectivity index (χ1n) is 6.71. The Morgan fingerprint density at radius 2 is 2.15 bits per heavy atom. The first-order valence-corrected chi connectivity index (χ1v) is 8.20. The molecule has 0 aliphatic carbocycles. The van der Waals surface area contributed by atoms with E-state index in [0.29, 0.717) is 5.56 Å². The third-order valence-electron chi connectivity index (χ3n) is 2.80. The molecule has 1 aromatic carbocycles. The van der Waals surface area contributed by atoms with Gasteiger partial charge in [-0.2, -0.15) is 0 Å². The van der Waals surface area contributed by atoms with Crippen LogP contribution >= 0.6 is 0 Å². The molecular formula is C15H21NO3S. The maximum absolute atomic E-state index is 12.2. The van der Waals surface area contributed by atoms with E-state index in [2.05, 4.69) is 23.5 Å². The van der Waals surface area contributed by atoms with Gasteiger partial charge in [-0.25, -0.2) is 13.1 Å². The summed E-state index contributed by atoms with van der Waals surface area (Å²) in [6, 6.07) is 6.32. The number of aliphatic hydroxyl groups is 1. The highest BCUT2D eigenvalue weighted by atomic mass is 32.2. The summed E-state index contributed by atoms with van der Waals surface area (Å²) in [6.07, 6.45) is 2.85. The van der Waals surface area contributed by atoms with Crippen LogP contribution in [0.4, 0.5) is 0 Å². The molecule has 4 nitrogen and oxygen atoms in total. The van der Waals surface area contributed by atoms with Gasteiger partial charge in [-0.3, -0.25) is 0 Å². The Labute approximate surface area is 121 Å². The van der Waals surface area contributed by atoms with Crippen molar-refractivity contribution in [3.63, 3.8) is 0 Å². The largest absolute Gasteiger partial charge is 0.384 e. The van der Waals surface area contributed by atoms with E-state index in [1.165, 1.54) is 6.07 Å². The molecule has 0 saturated carbocycles. The van der Waals surface area contributed by atoms with Gasteiger partial charge in [0.1, 0.15) is 6.61 Å². The zero-order chi connectivity index (χ0) is 15.0. The summed E-state index contributed by atoms with van der Waals surface area (Å²) in [5, 5.41) is 8.65. The summed E-state index contributed by atoms with van der Waals surface area (Å²) in [5.74, 6) is 5.20. The molecule has 0 heterocycles. The molecule has 0 aliphatic heterocycles. The van der Waals surface area contributed by atoms with Crippen LogP contribution in [0.1, 0.15) is 38.7 Å². The Balaban J connectivity index is 2.87. The van der Waals surface area contributed by atoms with E-state index in [4.69, 9.17) is 5.11 Å². The van der Waals surface area contributed by atoms with Crippen LogP contribution in [0.5, 0.6) is 0 Å². The number of nitrogens with one attached hydrogen (secondary N) is 1. The van der Waals surface area contributed by atoms with Gasteiger partial charge in [0.05, 0.1) is 4.90 Å². The number of hydrogen-bond acceptors (Lipinski definition) is 3. The zero-order valence-electron chi connectivity index (χ0n) is 11.9. The van der Waals surface area contributed by atoms with Crippen molar-refractivity contribution in [2.24, 2.45) is 0 Å². The van der Waals surface area contributed by atoms with Crippen molar-refractivity contribution >= 4 is 10.0 Å². The maximum Gasteiger partial charge on any atom is 0.240 e. The fourth-order valence-electron chi connectivity index (χ4n) is 1.78. The lowest BCUT2D eigenvalue weighted by molar-refractivity contribution is 0.350. The molecule has 1 aromatic rings. The highest BCUT2D eigenvalue weighted by Crippen LogP contribution is 2.12. The van der Waals surface area contributed by atoms with E-state index in [1.54, 1.807) is 18.2 Å². The Morgan fingerprint density at radius 3 is 2.80 bits per heavy atom. The van der Waals surface area contributed by atoms with Gasteiger partial charge >= 0.3 is 0 Å². The predicted molar refractivity (Wildman–Crippen MR) is 79.7 cm³/mol. The van der Waals surface area contributed by atoms with E-state index in [0.717, 1.165) is 19.3 Å². The third kappa shape index (κ3) is 5.33. The van der Waals surface area contributed by atoms with Crippen LogP contribution in [0.15, 0.2) is 29.2 Å². The van der Waals surface area contributed by atoms with Crippen molar-refractivity contribution in [1.82, 2.24) is 4.72 Å². The molecule has 0 radical (unpaired) electrons. The number of aliphatic hydroxyl groups excluding tert-OH is 1. The van der Waals surface area contributed by atoms with Gasteiger partial charge < -0.3 is 5.11 Å². The van der Waals surface area contributed by atoms with Crippen molar-refractivity contribution in [2.75, 3.05) is 6.61 Å². The highest BCUT2D eigenvalue weighted by Gasteiger charge is 2.17. The average molecular weight is 295 g/mol. The molecule has 2 N–H and O–H groups in total. The second-order valence-electron chi connectivity index (χ2n) is 4.65. The van der Waals surface area contributed by atoms with Crippen molar-refractivity contribution < 1.29 is 13.5 Å². The normalized spacial score (nSPS) is 12.6. The van der Waals surface area contributed by atoms with E-state index in [1.807, 2.05) is 6.92 Å². The lowest BCUT2D eigenvalue weighted by atomic mass is 10.2. The maximum atomic E-state index is 12.2. The molecule has 0 fully saturated rings. The number of benzene rings is 1. The molecule has 1 atom stereocenters. The third-order valence-corrected chi connectivity index (χ3v) is 4.39. The summed E-state index contributed by atoms with van der Waals surface area (Å²) in [7, 11) is -3.52. The lowest BCUT2D eigenvalue weighted by Crippen LogP contribution is -2.32. The number of hydrogen-bond donors (Lipinski definition) is 2. The topological polar surface area (TPSA) is 66.4 Å². The minimum absolute atomic E-state index is 0.0906. The molecule has 0 aromatic heterocycles. The molecule has 0 bridgehead atoms. The fraction of sp³-hybridized carbons (Fsp3) is 0.467. The summed E-state index contributed by atoms with van der Waals surface area (Å²) in [4.78, 5) is 0.200.